The van der Waals surface area contributed by atoms with E-state index in [0.29, 0.717) is 27.5 Å². The third kappa shape index (κ3) is 4.25. The van der Waals surface area contributed by atoms with E-state index in [4.69, 9.17) is 25.4 Å². The fraction of sp³-hybridized carbons (Fsp3) is 0. The summed E-state index contributed by atoms with van der Waals surface area (Å²) in [5.41, 5.74) is 7.18. The molecule has 11 rings (SSSR count). The van der Waals surface area contributed by atoms with E-state index in [9.17, 15) is 1.37 Å². The van der Waals surface area contributed by atoms with Gasteiger partial charge in [-0.25, -0.2) is 9.97 Å². The molecule has 3 nitrogen and oxygen atoms in total. The van der Waals surface area contributed by atoms with E-state index in [1.807, 2.05) is 72.8 Å². The lowest BCUT2D eigenvalue weighted by molar-refractivity contribution is 0.670. The average molecular weight is 658 g/mol. The van der Waals surface area contributed by atoms with Crippen molar-refractivity contribution in [3.63, 3.8) is 0 Å². The third-order valence-corrected chi connectivity index (χ3v) is 9.85. The van der Waals surface area contributed by atoms with Gasteiger partial charge in [-0.2, -0.15) is 0 Å². The van der Waals surface area contributed by atoms with Crippen molar-refractivity contribution in [3.8, 4) is 67.3 Å². The normalized spacial score (nSPS) is 14.4. The molecule has 51 heavy (non-hydrogen) atoms. The number of para-hydroxylation sites is 1. The highest BCUT2D eigenvalue weighted by Gasteiger charge is 2.25. The first kappa shape index (κ1) is 20.6. The molecule has 0 spiro atoms. The van der Waals surface area contributed by atoms with E-state index < -0.39 is 30.2 Å². The number of furan rings is 1. The molecular weight excluding hydrogens is 621 g/mol. The summed E-state index contributed by atoms with van der Waals surface area (Å²) in [5, 5.41) is 4.63. The summed E-state index contributed by atoms with van der Waals surface area (Å²) >= 11 is 0. The molecule has 2 heterocycles. The zero-order valence-corrected chi connectivity index (χ0v) is 26.8. The molecule has 2 aromatic heterocycles. The summed E-state index contributed by atoms with van der Waals surface area (Å²) < 4.78 is 85.5. The first-order valence-corrected chi connectivity index (χ1v) is 16.6. The van der Waals surface area contributed by atoms with Crippen molar-refractivity contribution < 1.29 is 16.8 Å². The minimum atomic E-state index is -0.536. The van der Waals surface area contributed by atoms with Gasteiger partial charge in [-0.05, 0) is 73.6 Å². The fourth-order valence-electron chi connectivity index (χ4n) is 7.58. The number of aromatic nitrogens is 2. The summed E-state index contributed by atoms with van der Waals surface area (Å²) in [6.45, 7) is 0. The summed E-state index contributed by atoms with van der Waals surface area (Å²) in [5.74, 6) is 0.187. The van der Waals surface area contributed by atoms with Crippen molar-refractivity contribution >= 4 is 43.5 Å². The Bertz CT molecular complexity index is 3500. The standard InChI is InChI=1S/C48H28N2O/c1-2-12-30(13-3-1)42-28-43(50-48(49-42)32-22-21-29-11-4-5-14-31(29)27-32)40-26-25-39(47-46(40)41-17-8-9-20-44(41)51-47)35-23-24-38-34-16-7-6-15-33(34)36-18-10-19-37(35)45(36)38/h1-28H/i1D,2D,3D,8D,9D,12D,13D,20D,26D. The minimum absolute atomic E-state index is 0.0231. The fourth-order valence-corrected chi connectivity index (χ4v) is 7.58. The number of fused-ring (bicyclic) bond motifs is 7. The number of rotatable bonds is 4. The smallest absolute Gasteiger partial charge is 0.160 e. The van der Waals surface area contributed by atoms with Gasteiger partial charge in [-0.3, -0.25) is 0 Å². The van der Waals surface area contributed by atoms with Crippen LogP contribution in [-0.4, -0.2) is 9.97 Å². The zero-order valence-electron chi connectivity index (χ0n) is 35.8. The van der Waals surface area contributed by atoms with Crippen LogP contribution >= 0.6 is 0 Å². The molecule has 0 bridgehead atoms. The minimum Gasteiger partial charge on any atom is -0.455 e. The second kappa shape index (κ2) is 10.8. The van der Waals surface area contributed by atoms with Crippen molar-refractivity contribution in [2.45, 2.75) is 0 Å². The quantitative estimate of drug-likeness (QED) is 0.189. The summed E-state index contributed by atoms with van der Waals surface area (Å²) in [4.78, 5) is 9.87. The van der Waals surface area contributed by atoms with Gasteiger partial charge in [0.15, 0.2) is 5.82 Å². The average Bonchev–Trinajstić information content (AvgIpc) is 3.81. The summed E-state index contributed by atoms with van der Waals surface area (Å²) in [6, 6.07) is 33.5. The van der Waals surface area contributed by atoms with Gasteiger partial charge in [0.25, 0.3) is 0 Å². The molecule has 0 amide bonds. The predicted octanol–water partition coefficient (Wildman–Crippen LogP) is 13.0. The van der Waals surface area contributed by atoms with Gasteiger partial charge in [0.1, 0.15) is 11.2 Å². The Morgan fingerprint density at radius 3 is 2.06 bits per heavy atom. The lowest BCUT2D eigenvalue weighted by Crippen LogP contribution is -1.96. The SMILES string of the molecule is [2H]c1cc2c(oc3c(-c4ccc5c6c(cccc46)-c4ccccc4-5)cc([2H])c(-c4cc(-c5c([2H])c([2H])c([2H])c([2H])c5[2H])nc(-c5ccc6ccccc6c5)n4)c32)c([2H])c1[2H]. The number of nitrogens with zero attached hydrogens (tertiary/aromatic N) is 2. The van der Waals surface area contributed by atoms with E-state index in [-0.39, 0.29) is 58.1 Å². The van der Waals surface area contributed by atoms with Crippen LogP contribution in [0.15, 0.2) is 174 Å². The molecule has 8 aromatic carbocycles. The molecule has 236 valence electrons. The molecule has 0 radical (unpaired) electrons. The van der Waals surface area contributed by atoms with Gasteiger partial charge in [0.2, 0.25) is 0 Å². The predicted molar refractivity (Wildman–Crippen MR) is 210 cm³/mol. The highest BCUT2D eigenvalue weighted by Crippen LogP contribution is 2.51. The largest absolute Gasteiger partial charge is 0.455 e. The van der Waals surface area contributed by atoms with Crippen molar-refractivity contribution in [1.29, 1.82) is 0 Å². The van der Waals surface area contributed by atoms with Gasteiger partial charge < -0.3 is 4.42 Å². The Morgan fingerprint density at radius 1 is 0.431 bits per heavy atom. The van der Waals surface area contributed by atoms with Gasteiger partial charge in [-0.1, -0.05) is 145 Å². The molecule has 0 saturated heterocycles. The molecule has 0 atom stereocenters. The van der Waals surface area contributed by atoms with Crippen LogP contribution in [0.25, 0.3) is 111 Å². The molecule has 0 N–H and O–H groups in total. The Morgan fingerprint density at radius 2 is 1.18 bits per heavy atom. The van der Waals surface area contributed by atoms with Crippen LogP contribution in [0.5, 0.6) is 0 Å². The van der Waals surface area contributed by atoms with E-state index in [1.165, 1.54) is 12.1 Å². The maximum atomic E-state index is 9.80. The summed E-state index contributed by atoms with van der Waals surface area (Å²) in [7, 11) is 0. The highest BCUT2D eigenvalue weighted by molar-refractivity contribution is 6.22. The molecule has 1 aliphatic rings. The van der Waals surface area contributed by atoms with Crippen LogP contribution in [0, 0.1) is 0 Å². The molecule has 3 heteroatoms. The van der Waals surface area contributed by atoms with Crippen LogP contribution in [0.1, 0.15) is 12.3 Å². The van der Waals surface area contributed by atoms with Crippen LogP contribution in [0.2, 0.25) is 0 Å². The maximum Gasteiger partial charge on any atom is 0.160 e. The van der Waals surface area contributed by atoms with Crippen LogP contribution in [0.4, 0.5) is 0 Å². The molecule has 0 unspecified atom stereocenters. The highest BCUT2D eigenvalue weighted by atomic mass is 16.3. The molecule has 1 aliphatic carbocycles. The van der Waals surface area contributed by atoms with E-state index in [0.717, 1.165) is 49.4 Å². The molecule has 0 aliphatic heterocycles. The monoisotopic (exact) mass is 657 g/mol. The van der Waals surface area contributed by atoms with Crippen LogP contribution in [-0.2, 0) is 0 Å². The topological polar surface area (TPSA) is 38.9 Å². The van der Waals surface area contributed by atoms with Crippen LogP contribution < -0.4 is 0 Å². The number of hydrogen-bond donors (Lipinski definition) is 0. The first-order valence-electron chi connectivity index (χ1n) is 21.1. The lowest BCUT2D eigenvalue weighted by Gasteiger charge is -2.13. The van der Waals surface area contributed by atoms with E-state index in [1.54, 1.807) is 6.07 Å². The molecular formula is C48H28N2O. The van der Waals surface area contributed by atoms with Crippen molar-refractivity contribution in [3.05, 3.63) is 170 Å². The van der Waals surface area contributed by atoms with Gasteiger partial charge in [-0.15, -0.1) is 0 Å². The molecule has 10 aromatic rings. The Hall–Kier alpha value is -6.84. The zero-order chi connectivity index (χ0) is 41.3. The van der Waals surface area contributed by atoms with Crippen LogP contribution in [0.3, 0.4) is 0 Å². The number of hydrogen-bond acceptors (Lipinski definition) is 3. The molecule has 0 fully saturated rings. The third-order valence-electron chi connectivity index (χ3n) is 9.85. The van der Waals surface area contributed by atoms with Crippen molar-refractivity contribution in [2.24, 2.45) is 0 Å². The Kier molecular flexibility index (Phi) is 4.38. The Balaban J connectivity index is 1.25. The molecule has 0 saturated carbocycles. The second-order valence-corrected chi connectivity index (χ2v) is 12.6. The second-order valence-electron chi connectivity index (χ2n) is 12.6. The lowest BCUT2D eigenvalue weighted by atomic mass is 9.91. The van der Waals surface area contributed by atoms with E-state index >= 15 is 0 Å². The van der Waals surface area contributed by atoms with E-state index in [2.05, 4.69) is 24.3 Å². The van der Waals surface area contributed by atoms with Gasteiger partial charge in [0.05, 0.1) is 23.7 Å². The summed E-state index contributed by atoms with van der Waals surface area (Å²) in [6.07, 6.45) is 0. The maximum absolute atomic E-state index is 9.80. The van der Waals surface area contributed by atoms with Crippen molar-refractivity contribution in [1.82, 2.24) is 9.97 Å². The van der Waals surface area contributed by atoms with Gasteiger partial charge >= 0.3 is 0 Å². The van der Waals surface area contributed by atoms with Crippen molar-refractivity contribution in [2.75, 3.05) is 0 Å². The first-order chi connectivity index (χ1) is 29.0. The Labute approximate surface area is 306 Å². The van der Waals surface area contributed by atoms with Gasteiger partial charge in [0, 0.05) is 33.0 Å². The number of benzene rings is 8.